The summed E-state index contributed by atoms with van der Waals surface area (Å²) in [7, 11) is 0. The van der Waals surface area contributed by atoms with Crippen LogP contribution in [0.1, 0.15) is 48.0 Å². The van der Waals surface area contributed by atoms with Gasteiger partial charge in [-0.15, -0.1) is 0 Å². The first-order valence-corrected chi connectivity index (χ1v) is 10.4. The molecule has 172 valence electrons. The van der Waals surface area contributed by atoms with Crippen molar-refractivity contribution >= 4 is 22.9 Å². The Bertz CT molecular complexity index is 1220. The van der Waals surface area contributed by atoms with Crippen LogP contribution in [0.15, 0.2) is 67.0 Å². The average Bonchev–Trinajstić information content (AvgIpc) is 3.20. The Balaban J connectivity index is 1.99. The SMILES string of the molecule is C/C=C\C(=C/C)c1cc(C(F)(F)F)c2nc(C(=O)NC(Cc3ccccc3)C(C)=O)cn2c1. The maximum Gasteiger partial charge on any atom is 0.420 e. The average molecular weight is 455 g/mol. The second-order valence-corrected chi connectivity index (χ2v) is 7.57. The summed E-state index contributed by atoms with van der Waals surface area (Å²) in [5.41, 5.74) is 0.254. The molecule has 0 aliphatic carbocycles. The molecule has 0 saturated carbocycles. The smallest absolute Gasteiger partial charge is 0.341 e. The standard InChI is InChI=1S/C25H24F3N3O2/c1-4-9-18(5-2)19-13-20(25(26,27)28)23-29-22(15-31(23)14-19)24(33)30-21(16(3)32)12-17-10-7-6-8-11-17/h4-11,13-15,21H,12H2,1-3H3,(H,30,33)/b9-4-,18-5+. The Morgan fingerprint density at radius 2 is 1.85 bits per heavy atom. The summed E-state index contributed by atoms with van der Waals surface area (Å²) in [4.78, 5) is 28.9. The van der Waals surface area contributed by atoms with E-state index >= 15 is 0 Å². The van der Waals surface area contributed by atoms with E-state index < -0.39 is 23.7 Å². The van der Waals surface area contributed by atoms with Gasteiger partial charge in [-0.1, -0.05) is 48.6 Å². The zero-order chi connectivity index (χ0) is 24.2. The van der Waals surface area contributed by atoms with Crippen LogP contribution in [-0.2, 0) is 17.4 Å². The summed E-state index contributed by atoms with van der Waals surface area (Å²) in [5.74, 6) is -0.984. The number of aromatic nitrogens is 2. The summed E-state index contributed by atoms with van der Waals surface area (Å²) >= 11 is 0. The Labute approximate surface area is 189 Å². The van der Waals surface area contributed by atoms with Gasteiger partial charge in [0.15, 0.2) is 5.78 Å². The fourth-order valence-corrected chi connectivity index (χ4v) is 3.49. The van der Waals surface area contributed by atoms with Gasteiger partial charge in [0.1, 0.15) is 11.3 Å². The molecule has 33 heavy (non-hydrogen) atoms. The molecule has 1 unspecified atom stereocenters. The molecule has 3 rings (SSSR count). The first kappa shape index (κ1) is 24.0. The number of ketones is 1. The number of carbonyl (C=O) groups excluding carboxylic acids is 2. The topological polar surface area (TPSA) is 63.5 Å². The first-order valence-electron chi connectivity index (χ1n) is 10.4. The van der Waals surface area contributed by atoms with Gasteiger partial charge in [-0.3, -0.25) is 9.59 Å². The van der Waals surface area contributed by atoms with Gasteiger partial charge in [0.25, 0.3) is 5.91 Å². The Morgan fingerprint density at radius 1 is 1.15 bits per heavy atom. The number of rotatable bonds is 7. The maximum atomic E-state index is 13.8. The zero-order valence-corrected chi connectivity index (χ0v) is 18.5. The maximum absolute atomic E-state index is 13.8. The predicted molar refractivity (Wildman–Crippen MR) is 121 cm³/mol. The summed E-state index contributed by atoms with van der Waals surface area (Å²) in [6, 6.07) is 9.32. The van der Waals surface area contributed by atoms with Crippen molar-refractivity contribution in [1.29, 1.82) is 0 Å². The Hall–Kier alpha value is -3.68. The highest BCUT2D eigenvalue weighted by Crippen LogP contribution is 2.34. The number of fused-ring (bicyclic) bond motifs is 1. The van der Waals surface area contributed by atoms with Gasteiger partial charge in [0.2, 0.25) is 0 Å². The van der Waals surface area contributed by atoms with Crippen LogP contribution in [0.25, 0.3) is 11.2 Å². The Kier molecular flexibility index (Phi) is 7.16. The number of allylic oxidation sites excluding steroid dienone is 4. The zero-order valence-electron chi connectivity index (χ0n) is 18.5. The highest BCUT2D eigenvalue weighted by Gasteiger charge is 2.35. The van der Waals surface area contributed by atoms with Crippen molar-refractivity contribution in [3.8, 4) is 0 Å². The molecule has 1 N–H and O–H groups in total. The van der Waals surface area contributed by atoms with E-state index in [0.717, 1.165) is 11.6 Å². The lowest BCUT2D eigenvalue weighted by Crippen LogP contribution is -2.41. The number of Topliss-reactive ketones (excluding diaryl/α,β-unsaturated/α-hetero) is 1. The molecule has 1 amide bonds. The van der Waals surface area contributed by atoms with Crippen molar-refractivity contribution in [3.05, 3.63) is 89.4 Å². The van der Waals surface area contributed by atoms with Crippen LogP contribution in [0, 0.1) is 0 Å². The summed E-state index contributed by atoms with van der Waals surface area (Å²) in [6.07, 6.45) is 3.47. The number of benzene rings is 1. The van der Waals surface area contributed by atoms with E-state index in [1.165, 1.54) is 23.7 Å². The second kappa shape index (κ2) is 9.85. The molecule has 0 spiro atoms. The number of carbonyl (C=O) groups is 2. The van der Waals surface area contributed by atoms with Crippen molar-refractivity contribution in [2.24, 2.45) is 0 Å². The van der Waals surface area contributed by atoms with Gasteiger partial charge in [-0.2, -0.15) is 13.2 Å². The third-order valence-corrected chi connectivity index (χ3v) is 5.16. The summed E-state index contributed by atoms with van der Waals surface area (Å²) < 4.78 is 42.5. The van der Waals surface area contributed by atoms with Crippen LogP contribution < -0.4 is 5.32 Å². The predicted octanol–water partition coefficient (Wildman–Crippen LogP) is 5.26. The molecule has 2 aromatic heterocycles. The quantitative estimate of drug-likeness (QED) is 0.494. The van der Waals surface area contributed by atoms with E-state index in [4.69, 9.17) is 0 Å². The molecule has 0 bridgehead atoms. The first-order chi connectivity index (χ1) is 15.6. The second-order valence-electron chi connectivity index (χ2n) is 7.57. The van der Waals surface area contributed by atoms with Crippen LogP contribution in [-0.4, -0.2) is 27.1 Å². The summed E-state index contributed by atoms with van der Waals surface area (Å²) in [5, 5.41) is 2.60. The van der Waals surface area contributed by atoms with Crippen LogP contribution >= 0.6 is 0 Å². The van der Waals surface area contributed by atoms with E-state index in [0.29, 0.717) is 11.1 Å². The van der Waals surface area contributed by atoms with Gasteiger partial charge in [0.05, 0.1) is 11.6 Å². The lowest BCUT2D eigenvalue weighted by atomic mass is 10.0. The van der Waals surface area contributed by atoms with Crippen molar-refractivity contribution in [3.63, 3.8) is 0 Å². The third-order valence-electron chi connectivity index (χ3n) is 5.16. The molecule has 8 heteroatoms. The van der Waals surface area contributed by atoms with Crippen molar-refractivity contribution in [2.75, 3.05) is 0 Å². The molecule has 1 aromatic carbocycles. The van der Waals surface area contributed by atoms with Crippen molar-refractivity contribution in [1.82, 2.24) is 14.7 Å². The number of pyridine rings is 1. The van der Waals surface area contributed by atoms with E-state index in [2.05, 4.69) is 10.3 Å². The molecular formula is C25H24F3N3O2. The van der Waals surface area contributed by atoms with Crippen LogP contribution in [0.5, 0.6) is 0 Å². The van der Waals surface area contributed by atoms with Crippen molar-refractivity contribution in [2.45, 2.75) is 39.4 Å². The molecule has 0 saturated heterocycles. The fourth-order valence-electron chi connectivity index (χ4n) is 3.49. The highest BCUT2D eigenvalue weighted by molar-refractivity contribution is 5.96. The van der Waals surface area contributed by atoms with Crippen LogP contribution in [0.2, 0.25) is 0 Å². The lowest BCUT2D eigenvalue weighted by Gasteiger charge is -2.15. The van der Waals surface area contributed by atoms with Crippen LogP contribution in [0.3, 0.4) is 0 Å². The molecular weight excluding hydrogens is 431 g/mol. The monoisotopic (exact) mass is 455 g/mol. The summed E-state index contributed by atoms with van der Waals surface area (Å²) in [6.45, 7) is 4.85. The lowest BCUT2D eigenvalue weighted by molar-refractivity contribution is -0.136. The molecule has 2 heterocycles. The number of halogens is 3. The third kappa shape index (κ3) is 5.58. The molecule has 0 aliphatic rings. The minimum absolute atomic E-state index is 0.204. The van der Waals surface area contributed by atoms with E-state index in [1.54, 1.807) is 32.1 Å². The molecule has 0 fully saturated rings. The van der Waals surface area contributed by atoms with Gasteiger partial charge in [0, 0.05) is 12.4 Å². The Morgan fingerprint density at radius 3 is 2.42 bits per heavy atom. The number of nitrogens with zero attached hydrogens (tertiary/aromatic N) is 2. The molecule has 0 radical (unpaired) electrons. The minimum Gasteiger partial charge on any atom is -0.341 e. The van der Waals surface area contributed by atoms with Gasteiger partial charge in [-0.25, -0.2) is 4.98 Å². The minimum atomic E-state index is -4.67. The highest BCUT2D eigenvalue weighted by atomic mass is 19.4. The van der Waals surface area contributed by atoms with Crippen molar-refractivity contribution < 1.29 is 22.8 Å². The number of alkyl halides is 3. The fraction of sp³-hybridized carbons (Fsp3) is 0.240. The molecule has 1 atom stereocenters. The normalized spacial score (nSPS) is 13.5. The van der Waals surface area contributed by atoms with E-state index in [1.807, 2.05) is 30.3 Å². The van der Waals surface area contributed by atoms with Crippen LogP contribution in [0.4, 0.5) is 13.2 Å². The van der Waals surface area contributed by atoms with E-state index in [9.17, 15) is 22.8 Å². The number of amides is 1. The molecule has 0 aliphatic heterocycles. The van der Waals surface area contributed by atoms with E-state index in [-0.39, 0.29) is 23.5 Å². The van der Waals surface area contributed by atoms with Gasteiger partial charge >= 0.3 is 6.18 Å². The molecule has 5 nitrogen and oxygen atoms in total. The number of hydrogen-bond donors (Lipinski definition) is 1. The number of nitrogens with one attached hydrogen (secondary N) is 1. The largest absolute Gasteiger partial charge is 0.420 e. The number of imidazole rings is 1. The number of hydrogen-bond acceptors (Lipinski definition) is 3. The van der Waals surface area contributed by atoms with Gasteiger partial charge < -0.3 is 9.72 Å². The van der Waals surface area contributed by atoms with Gasteiger partial charge in [-0.05, 0) is 50.0 Å². The molecule has 3 aromatic rings.